The molecule has 0 spiro atoms. The average molecular weight is 310 g/mol. The lowest BCUT2D eigenvalue weighted by atomic mass is 10.3. The molecule has 1 heterocycles. The minimum atomic E-state index is -3.56. The normalized spacial score (nSPS) is 11.5. The Morgan fingerprint density at radius 2 is 2.05 bits per heavy atom. The second-order valence-corrected chi connectivity index (χ2v) is 6.22. The number of H-pyrrole nitrogens is 1. The number of aryl methyl sites for hydroxylation is 1. The van der Waals surface area contributed by atoms with Crippen molar-refractivity contribution in [3.05, 3.63) is 41.7 Å². The number of hydrogen-bond donors (Lipinski definition) is 3. The van der Waals surface area contributed by atoms with Crippen molar-refractivity contribution in [2.45, 2.75) is 18.4 Å². The van der Waals surface area contributed by atoms with E-state index in [4.69, 9.17) is 10.5 Å². The third kappa shape index (κ3) is 4.03. The van der Waals surface area contributed by atoms with E-state index in [2.05, 4.69) is 14.9 Å². The van der Waals surface area contributed by atoms with Gasteiger partial charge in [0.1, 0.15) is 12.4 Å². The summed E-state index contributed by atoms with van der Waals surface area (Å²) in [4.78, 5) is 0.184. The average Bonchev–Trinajstić information content (AvgIpc) is 2.89. The second kappa shape index (κ2) is 6.70. The van der Waals surface area contributed by atoms with Crippen LogP contribution in [0.4, 0.5) is 0 Å². The first kappa shape index (κ1) is 15.5. The first-order valence-corrected chi connectivity index (χ1v) is 7.92. The van der Waals surface area contributed by atoms with Crippen molar-refractivity contribution in [3.8, 4) is 5.75 Å². The van der Waals surface area contributed by atoms with Crippen molar-refractivity contribution >= 4 is 10.0 Å². The lowest BCUT2D eigenvalue weighted by Gasteiger charge is -2.08. The zero-order valence-corrected chi connectivity index (χ0v) is 12.5. The Kier molecular flexibility index (Phi) is 4.94. The van der Waals surface area contributed by atoms with E-state index >= 15 is 0 Å². The van der Waals surface area contributed by atoms with Crippen LogP contribution in [-0.4, -0.2) is 31.8 Å². The van der Waals surface area contributed by atoms with Gasteiger partial charge in [0.05, 0.1) is 11.1 Å². The van der Waals surface area contributed by atoms with E-state index in [9.17, 15) is 8.42 Å². The number of benzene rings is 1. The Balaban J connectivity index is 2.03. The lowest BCUT2D eigenvalue weighted by Crippen LogP contribution is -2.23. The SMILES string of the molecule is Cc1[nH]ncc1CNS(=O)(=O)c1ccc(OCCN)cc1. The number of aromatic amines is 1. The van der Waals surface area contributed by atoms with Gasteiger partial charge in [-0.1, -0.05) is 0 Å². The molecule has 0 aliphatic carbocycles. The molecule has 0 aliphatic heterocycles. The van der Waals surface area contributed by atoms with Crippen LogP contribution in [-0.2, 0) is 16.6 Å². The number of sulfonamides is 1. The van der Waals surface area contributed by atoms with Crippen molar-refractivity contribution in [2.24, 2.45) is 5.73 Å². The van der Waals surface area contributed by atoms with Gasteiger partial charge in [0.2, 0.25) is 10.0 Å². The van der Waals surface area contributed by atoms with E-state index in [0.717, 1.165) is 11.3 Å². The molecular weight excluding hydrogens is 292 g/mol. The van der Waals surface area contributed by atoms with Crippen LogP contribution < -0.4 is 15.2 Å². The molecule has 8 heteroatoms. The molecule has 0 fully saturated rings. The highest BCUT2D eigenvalue weighted by Crippen LogP contribution is 2.16. The zero-order chi connectivity index (χ0) is 15.3. The van der Waals surface area contributed by atoms with Crippen molar-refractivity contribution < 1.29 is 13.2 Å². The van der Waals surface area contributed by atoms with Gasteiger partial charge in [-0.3, -0.25) is 5.10 Å². The molecular formula is C13H18N4O3S. The van der Waals surface area contributed by atoms with Gasteiger partial charge in [-0.2, -0.15) is 5.10 Å². The molecule has 114 valence electrons. The molecule has 7 nitrogen and oxygen atoms in total. The van der Waals surface area contributed by atoms with Crippen LogP contribution in [0.3, 0.4) is 0 Å². The molecule has 0 atom stereocenters. The first-order chi connectivity index (χ1) is 10.0. The summed E-state index contributed by atoms with van der Waals surface area (Å²) in [7, 11) is -3.56. The minimum absolute atomic E-state index is 0.184. The van der Waals surface area contributed by atoms with Gasteiger partial charge in [-0.25, -0.2) is 13.1 Å². The predicted molar refractivity (Wildman–Crippen MR) is 78.3 cm³/mol. The Labute approximate surface area is 123 Å². The smallest absolute Gasteiger partial charge is 0.240 e. The standard InChI is InChI=1S/C13H18N4O3S/c1-10-11(8-15-17-10)9-16-21(18,19)13-4-2-12(3-5-13)20-7-6-14/h2-5,8,16H,6-7,9,14H2,1H3,(H,15,17). The molecule has 4 N–H and O–H groups in total. The summed E-state index contributed by atoms with van der Waals surface area (Å²) in [6, 6.07) is 6.20. The van der Waals surface area contributed by atoms with Gasteiger partial charge in [-0.15, -0.1) is 0 Å². The second-order valence-electron chi connectivity index (χ2n) is 4.45. The summed E-state index contributed by atoms with van der Waals surface area (Å²) in [5, 5.41) is 6.61. The van der Waals surface area contributed by atoms with Gasteiger partial charge in [0.15, 0.2) is 0 Å². The van der Waals surface area contributed by atoms with Crippen LogP contribution in [0.25, 0.3) is 0 Å². The van der Waals surface area contributed by atoms with Crippen LogP contribution in [0.2, 0.25) is 0 Å². The summed E-state index contributed by atoms with van der Waals surface area (Å²) in [6.07, 6.45) is 1.60. The first-order valence-electron chi connectivity index (χ1n) is 6.44. The number of rotatable bonds is 7. The highest BCUT2D eigenvalue weighted by molar-refractivity contribution is 7.89. The fourth-order valence-corrected chi connectivity index (χ4v) is 2.71. The van der Waals surface area contributed by atoms with Gasteiger partial charge < -0.3 is 10.5 Å². The summed E-state index contributed by atoms with van der Waals surface area (Å²) < 4.78 is 32.2. The van der Waals surface area contributed by atoms with Crippen LogP contribution in [0.1, 0.15) is 11.3 Å². The molecule has 0 aliphatic rings. The van der Waals surface area contributed by atoms with E-state index in [0.29, 0.717) is 18.9 Å². The Morgan fingerprint density at radius 3 is 2.62 bits per heavy atom. The highest BCUT2D eigenvalue weighted by atomic mass is 32.2. The maximum atomic E-state index is 12.2. The van der Waals surface area contributed by atoms with Gasteiger partial charge in [-0.05, 0) is 31.2 Å². The van der Waals surface area contributed by atoms with Crippen LogP contribution in [0, 0.1) is 6.92 Å². The summed E-state index contributed by atoms with van der Waals surface area (Å²) in [5.41, 5.74) is 6.98. The van der Waals surface area contributed by atoms with Gasteiger partial charge in [0, 0.05) is 24.3 Å². The summed E-state index contributed by atoms with van der Waals surface area (Å²) >= 11 is 0. The molecule has 2 aromatic rings. The molecule has 0 saturated carbocycles. The molecule has 2 rings (SSSR count). The van der Waals surface area contributed by atoms with Crippen molar-refractivity contribution in [1.82, 2.24) is 14.9 Å². The Bertz CT molecular complexity index is 680. The number of ether oxygens (including phenoxy) is 1. The van der Waals surface area contributed by atoms with E-state index in [1.165, 1.54) is 12.1 Å². The number of hydrogen-bond acceptors (Lipinski definition) is 5. The summed E-state index contributed by atoms with van der Waals surface area (Å²) in [6.45, 7) is 2.83. The van der Waals surface area contributed by atoms with Gasteiger partial charge in [0.25, 0.3) is 0 Å². The molecule has 0 amide bonds. The fraction of sp³-hybridized carbons (Fsp3) is 0.308. The van der Waals surface area contributed by atoms with Crippen molar-refractivity contribution in [2.75, 3.05) is 13.2 Å². The third-order valence-electron chi connectivity index (χ3n) is 2.91. The molecule has 21 heavy (non-hydrogen) atoms. The maximum absolute atomic E-state index is 12.2. The van der Waals surface area contributed by atoms with E-state index in [1.54, 1.807) is 18.3 Å². The third-order valence-corrected chi connectivity index (χ3v) is 4.32. The number of nitrogens with zero attached hydrogens (tertiary/aromatic N) is 1. The maximum Gasteiger partial charge on any atom is 0.240 e. The predicted octanol–water partition coefficient (Wildman–Crippen LogP) is 0.534. The van der Waals surface area contributed by atoms with Crippen LogP contribution >= 0.6 is 0 Å². The van der Waals surface area contributed by atoms with Crippen molar-refractivity contribution in [1.29, 1.82) is 0 Å². The van der Waals surface area contributed by atoms with E-state index in [-0.39, 0.29) is 11.4 Å². The van der Waals surface area contributed by atoms with Crippen LogP contribution in [0.15, 0.2) is 35.4 Å². The van der Waals surface area contributed by atoms with E-state index in [1.807, 2.05) is 6.92 Å². The monoisotopic (exact) mass is 310 g/mol. The topological polar surface area (TPSA) is 110 Å². The van der Waals surface area contributed by atoms with E-state index < -0.39 is 10.0 Å². The molecule has 1 aromatic heterocycles. The Hall–Kier alpha value is -1.90. The number of nitrogens with two attached hydrogens (primary N) is 1. The Morgan fingerprint density at radius 1 is 1.33 bits per heavy atom. The quantitative estimate of drug-likeness (QED) is 0.691. The summed E-state index contributed by atoms with van der Waals surface area (Å²) in [5.74, 6) is 0.588. The highest BCUT2D eigenvalue weighted by Gasteiger charge is 2.14. The largest absolute Gasteiger partial charge is 0.492 e. The molecule has 0 radical (unpaired) electrons. The number of aromatic nitrogens is 2. The molecule has 1 aromatic carbocycles. The molecule has 0 bridgehead atoms. The zero-order valence-electron chi connectivity index (χ0n) is 11.7. The fourth-order valence-electron chi connectivity index (χ4n) is 1.70. The van der Waals surface area contributed by atoms with Gasteiger partial charge >= 0.3 is 0 Å². The minimum Gasteiger partial charge on any atom is -0.492 e. The lowest BCUT2D eigenvalue weighted by molar-refractivity contribution is 0.328. The molecule has 0 saturated heterocycles. The number of nitrogens with one attached hydrogen (secondary N) is 2. The molecule has 0 unspecified atom stereocenters. The van der Waals surface area contributed by atoms with Crippen LogP contribution in [0.5, 0.6) is 5.75 Å². The van der Waals surface area contributed by atoms with Crippen molar-refractivity contribution in [3.63, 3.8) is 0 Å².